The summed E-state index contributed by atoms with van der Waals surface area (Å²) in [6.07, 6.45) is 4.27. The highest BCUT2D eigenvalue weighted by Crippen LogP contribution is 2.29. The first kappa shape index (κ1) is 17.2. The van der Waals surface area contributed by atoms with Crippen LogP contribution in [-0.4, -0.2) is 24.2 Å². The second-order valence-corrected chi connectivity index (χ2v) is 5.96. The van der Waals surface area contributed by atoms with E-state index in [1.165, 1.54) is 0 Å². The highest BCUT2D eigenvalue weighted by atomic mass is 32.2. The topological polar surface area (TPSA) is 21.3 Å². The molecule has 114 valence electrons. The third-order valence-electron chi connectivity index (χ3n) is 3.67. The van der Waals surface area contributed by atoms with E-state index in [0.29, 0.717) is 6.54 Å². The number of halogens is 2. The summed E-state index contributed by atoms with van der Waals surface area (Å²) in [6, 6.07) is 6.91. The molecule has 0 aliphatic heterocycles. The first-order chi connectivity index (χ1) is 9.56. The molecule has 0 bridgehead atoms. The van der Waals surface area contributed by atoms with Gasteiger partial charge >= 0.3 is 6.61 Å². The SMILES string of the molecule is CCC(CC)(CNCc1ccccc1OC(F)F)SC. The first-order valence-electron chi connectivity index (χ1n) is 6.85. The van der Waals surface area contributed by atoms with Gasteiger partial charge in [-0.3, -0.25) is 0 Å². The van der Waals surface area contributed by atoms with Crippen molar-refractivity contribution in [1.82, 2.24) is 5.32 Å². The average Bonchev–Trinajstić information content (AvgIpc) is 2.45. The lowest BCUT2D eigenvalue weighted by molar-refractivity contribution is -0.0505. The highest BCUT2D eigenvalue weighted by Gasteiger charge is 2.24. The molecule has 0 aliphatic carbocycles. The predicted molar refractivity (Wildman–Crippen MR) is 81.6 cm³/mol. The zero-order chi connectivity index (χ0) is 15.0. The zero-order valence-corrected chi connectivity index (χ0v) is 13.1. The van der Waals surface area contributed by atoms with Crippen molar-refractivity contribution < 1.29 is 13.5 Å². The predicted octanol–water partition coefficient (Wildman–Crippen LogP) is 4.30. The first-order valence-corrected chi connectivity index (χ1v) is 8.08. The van der Waals surface area contributed by atoms with Crippen LogP contribution in [0.5, 0.6) is 5.75 Å². The van der Waals surface area contributed by atoms with Gasteiger partial charge < -0.3 is 10.1 Å². The summed E-state index contributed by atoms with van der Waals surface area (Å²) in [5.41, 5.74) is 0.759. The van der Waals surface area contributed by atoms with Gasteiger partial charge in [0, 0.05) is 23.4 Å². The van der Waals surface area contributed by atoms with E-state index in [4.69, 9.17) is 0 Å². The second kappa shape index (κ2) is 8.47. The van der Waals surface area contributed by atoms with Crippen LogP contribution in [-0.2, 0) is 6.54 Å². The van der Waals surface area contributed by atoms with Gasteiger partial charge in [0.05, 0.1) is 0 Å². The number of para-hydroxylation sites is 1. The molecule has 0 atom stereocenters. The van der Waals surface area contributed by atoms with E-state index in [0.717, 1.165) is 24.9 Å². The van der Waals surface area contributed by atoms with E-state index >= 15 is 0 Å². The number of rotatable bonds is 9. The third kappa shape index (κ3) is 4.94. The van der Waals surface area contributed by atoms with Crippen molar-refractivity contribution in [3.05, 3.63) is 29.8 Å². The number of benzene rings is 1. The van der Waals surface area contributed by atoms with Crippen molar-refractivity contribution >= 4 is 11.8 Å². The zero-order valence-electron chi connectivity index (χ0n) is 12.3. The Morgan fingerprint density at radius 1 is 1.25 bits per heavy atom. The van der Waals surface area contributed by atoms with Crippen LogP contribution in [0.2, 0.25) is 0 Å². The number of hydrogen-bond acceptors (Lipinski definition) is 3. The molecular weight excluding hydrogens is 280 g/mol. The molecule has 0 saturated heterocycles. The lowest BCUT2D eigenvalue weighted by atomic mass is 10.0. The van der Waals surface area contributed by atoms with Crippen molar-refractivity contribution in [3.63, 3.8) is 0 Å². The van der Waals surface area contributed by atoms with Gasteiger partial charge in [0.15, 0.2) is 0 Å². The lowest BCUT2D eigenvalue weighted by Crippen LogP contribution is -2.36. The molecule has 1 aromatic rings. The summed E-state index contributed by atoms with van der Waals surface area (Å²) in [6.45, 7) is 2.95. The van der Waals surface area contributed by atoms with Gasteiger partial charge in [0.25, 0.3) is 0 Å². The van der Waals surface area contributed by atoms with Gasteiger partial charge in [0.1, 0.15) is 5.75 Å². The maximum absolute atomic E-state index is 12.3. The number of hydrogen-bond donors (Lipinski definition) is 1. The van der Waals surface area contributed by atoms with Crippen molar-refractivity contribution in [2.75, 3.05) is 12.8 Å². The summed E-state index contributed by atoms with van der Waals surface area (Å²) in [5, 5.41) is 3.36. The molecule has 0 unspecified atom stereocenters. The van der Waals surface area contributed by atoms with Crippen LogP contribution in [0, 0.1) is 0 Å². The Bertz CT molecular complexity index is 389. The van der Waals surface area contributed by atoms with E-state index in [9.17, 15) is 8.78 Å². The Morgan fingerprint density at radius 2 is 1.90 bits per heavy atom. The van der Waals surface area contributed by atoms with Crippen LogP contribution >= 0.6 is 11.8 Å². The molecule has 0 aliphatic rings. The highest BCUT2D eigenvalue weighted by molar-refractivity contribution is 8.00. The molecule has 0 heterocycles. The summed E-state index contributed by atoms with van der Waals surface area (Å²) in [5.74, 6) is 0.248. The Balaban J connectivity index is 2.61. The fourth-order valence-corrected chi connectivity index (χ4v) is 2.97. The molecule has 0 saturated carbocycles. The summed E-state index contributed by atoms with van der Waals surface area (Å²) >= 11 is 1.85. The van der Waals surface area contributed by atoms with Crippen LogP contribution in [0.4, 0.5) is 8.78 Å². The Hall–Kier alpha value is -0.810. The number of nitrogens with one attached hydrogen (secondary N) is 1. The normalized spacial score (nSPS) is 11.9. The Labute approximate surface area is 124 Å². The molecule has 0 aromatic heterocycles. The molecule has 20 heavy (non-hydrogen) atoms. The molecule has 0 radical (unpaired) electrons. The van der Waals surface area contributed by atoms with E-state index in [1.54, 1.807) is 12.1 Å². The van der Waals surface area contributed by atoms with E-state index in [2.05, 4.69) is 30.2 Å². The molecule has 1 rings (SSSR count). The minimum Gasteiger partial charge on any atom is -0.434 e. The van der Waals surface area contributed by atoms with Crippen LogP contribution in [0.3, 0.4) is 0 Å². The molecular formula is C15H23F2NOS. The van der Waals surface area contributed by atoms with Crippen molar-refractivity contribution in [2.24, 2.45) is 0 Å². The van der Waals surface area contributed by atoms with Gasteiger partial charge in [-0.15, -0.1) is 0 Å². The van der Waals surface area contributed by atoms with Gasteiger partial charge in [-0.05, 0) is 25.2 Å². The van der Waals surface area contributed by atoms with Crippen LogP contribution in [0.15, 0.2) is 24.3 Å². The fraction of sp³-hybridized carbons (Fsp3) is 0.600. The molecule has 0 spiro atoms. The number of alkyl halides is 2. The molecule has 1 aromatic carbocycles. The summed E-state index contributed by atoms with van der Waals surface area (Å²) in [7, 11) is 0. The molecule has 2 nitrogen and oxygen atoms in total. The van der Waals surface area contributed by atoms with Gasteiger partial charge in [0.2, 0.25) is 0 Å². The smallest absolute Gasteiger partial charge is 0.387 e. The Morgan fingerprint density at radius 3 is 2.45 bits per heavy atom. The van der Waals surface area contributed by atoms with Crippen LogP contribution < -0.4 is 10.1 Å². The maximum atomic E-state index is 12.3. The summed E-state index contributed by atoms with van der Waals surface area (Å²) < 4.78 is 29.4. The van der Waals surface area contributed by atoms with Crippen molar-refractivity contribution in [2.45, 2.75) is 44.6 Å². The molecule has 0 amide bonds. The lowest BCUT2D eigenvalue weighted by Gasteiger charge is -2.30. The van der Waals surface area contributed by atoms with Crippen LogP contribution in [0.25, 0.3) is 0 Å². The van der Waals surface area contributed by atoms with E-state index in [1.807, 2.05) is 23.9 Å². The van der Waals surface area contributed by atoms with Gasteiger partial charge in [-0.25, -0.2) is 0 Å². The van der Waals surface area contributed by atoms with E-state index < -0.39 is 6.61 Å². The maximum Gasteiger partial charge on any atom is 0.387 e. The molecule has 1 N–H and O–H groups in total. The van der Waals surface area contributed by atoms with Crippen LogP contribution in [0.1, 0.15) is 32.3 Å². The fourth-order valence-electron chi connectivity index (χ4n) is 2.15. The molecule has 0 fully saturated rings. The Kier molecular flexibility index (Phi) is 7.30. The summed E-state index contributed by atoms with van der Waals surface area (Å²) in [4.78, 5) is 0. The van der Waals surface area contributed by atoms with Gasteiger partial charge in [-0.1, -0.05) is 32.0 Å². The standard InChI is InChI=1S/C15H23F2NOS/c1-4-15(5-2,20-3)11-18-10-12-8-6-7-9-13(12)19-14(16)17/h6-9,14,18H,4-5,10-11H2,1-3H3. The third-order valence-corrected chi connectivity index (χ3v) is 5.26. The molecule has 5 heteroatoms. The van der Waals surface area contributed by atoms with Crippen molar-refractivity contribution in [1.29, 1.82) is 0 Å². The average molecular weight is 303 g/mol. The quantitative estimate of drug-likeness (QED) is 0.735. The number of thioether (sulfide) groups is 1. The second-order valence-electron chi connectivity index (χ2n) is 4.68. The van der Waals surface area contributed by atoms with Gasteiger partial charge in [-0.2, -0.15) is 20.5 Å². The largest absolute Gasteiger partial charge is 0.434 e. The minimum atomic E-state index is -2.78. The van der Waals surface area contributed by atoms with E-state index in [-0.39, 0.29) is 10.5 Å². The minimum absolute atomic E-state index is 0.207. The van der Waals surface area contributed by atoms with Crippen molar-refractivity contribution in [3.8, 4) is 5.75 Å². The monoisotopic (exact) mass is 303 g/mol. The number of ether oxygens (including phenoxy) is 1.